The molecule has 1 aliphatic carbocycles. The molecule has 24 heavy (non-hydrogen) atoms. The molecule has 0 aromatic heterocycles. The Morgan fingerprint density at radius 1 is 0.792 bits per heavy atom. The summed E-state index contributed by atoms with van der Waals surface area (Å²) in [7, 11) is 0. The van der Waals surface area contributed by atoms with Gasteiger partial charge in [0.25, 0.3) is 0 Å². The average Bonchev–Trinajstić information content (AvgIpc) is 2.68. The Balaban J connectivity index is 1.68. The lowest BCUT2D eigenvalue weighted by Gasteiger charge is -2.42. The molecular weight excluding hydrogens is 290 g/mol. The number of hydrogen-bond acceptors (Lipinski definition) is 1. The van der Waals surface area contributed by atoms with Crippen LogP contribution < -0.4 is 0 Å². The van der Waals surface area contributed by atoms with E-state index in [9.17, 15) is 0 Å². The van der Waals surface area contributed by atoms with Gasteiger partial charge in [0.05, 0.1) is 0 Å². The van der Waals surface area contributed by atoms with Crippen molar-refractivity contribution in [2.75, 3.05) is 19.6 Å². The van der Waals surface area contributed by atoms with Gasteiger partial charge in [-0.05, 0) is 74.8 Å². The van der Waals surface area contributed by atoms with Gasteiger partial charge in [0, 0.05) is 5.41 Å². The van der Waals surface area contributed by atoms with E-state index >= 15 is 0 Å². The molecule has 2 aliphatic rings. The Morgan fingerprint density at radius 2 is 1.54 bits per heavy atom. The van der Waals surface area contributed by atoms with Gasteiger partial charge in [0.15, 0.2) is 0 Å². The first-order valence-corrected chi connectivity index (χ1v) is 9.75. The van der Waals surface area contributed by atoms with Crippen LogP contribution in [0.4, 0.5) is 0 Å². The summed E-state index contributed by atoms with van der Waals surface area (Å²) in [5, 5.41) is 0. The fourth-order valence-electron chi connectivity index (χ4n) is 4.91. The summed E-state index contributed by atoms with van der Waals surface area (Å²) in [5.41, 5.74) is 4.91. The molecule has 0 N–H and O–H groups in total. The van der Waals surface area contributed by atoms with Crippen molar-refractivity contribution >= 4 is 0 Å². The average molecular weight is 319 g/mol. The highest BCUT2D eigenvalue weighted by Crippen LogP contribution is 2.45. The Kier molecular flexibility index (Phi) is 4.71. The van der Waals surface area contributed by atoms with Crippen molar-refractivity contribution < 1.29 is 0 Å². The molecule has 0 spiro atoms. The maximum Gasteiger partial charge on any atom is 0.0217 e. The first kappa shape index (κ1) is 15.9. The van der Waals surface area contributed by atoms with Gasteiger partial charge in [0.1, 0.15) is 0 Å². The largest absolute Gasteiger partial charge is 0.303 e. The van der Waals surface area contributed by atoms with E-state index in [1.54, 1.807) is 11.1 Å². The Hall–Kier alpha value is -1.60. The number of likely N-dealkylation sites (tertiary alicyclic amines) is 1. The van der Waals surface area contributed by atoms with E-state index in [1.807, 2.05) is 0 Å². The van der Waals surface area contributed by atoms with Gasteiger partial charge in [0.2, 0.25) is 0 Å². The first-order chi connectivity index (χ1) is 11.9. The molecule has 1 atom stereocenters. The SMILES string of the molecule is c1ccc(C2(CCN3CCCCC3)CCCc3ccccc32)cc1. The van der Waals surface area contributed by atoms with E-state index in [4.69, 9.17) is 0 Å². The molecule has 0 radical (unpaired) electrons. The second-order valence-electron chi connectivity index (χ2n) is 7.61. The second-order valence-corrected chi connectivity index (χ2v) is 7.61. The predicted molar refractivity (Wildman–Crippen MR) is 102 cm³/mol. The molecule has 1 saturated heterocycles. The van der Waals surface area contributed by atoms with Crippen LogP contribution in [0.25, 0.3) is 0 Å². The van der Waals surface area contributed by atoms with Crippen molar-refractivity contribution in [2.24, 2.45) is 0 Å². The van der Waals surface area contributed by atoms with E-state index in [1.165, 1.54) is 70.1 Å². The summed E-state index contributed by atoms with van der Waals surface area (Å²) in [6, 6.07) is 20.5. The zero-order chi connectivity index (χ0) is 16.2. The topological polar surface area (TPSA) is 3.24 Å². The van der Waals surface area contributed by atoms with Gasteiger partial charge in [-0.25, -0.2) is 0 Å². The summed E-state index contributed by atoms with van der Waals surface area (Å²) in [5.74, 6) is 0. The number of piperidine rings is 1. The van der Waals surface area contributed by atoms with Crippen LogP contribution in [0, 0.1) is 0 Å². The summed E-state index contributed by atoms with van der Waals surface area (Å²) in [6.45, 7) is 3.84. The number of aryl methyl sites for hydroxylation is 1. The van der Waals surface area contributed by atoms with E-state index in [0.29, 0.717) is 0 Å². The monoisotopic (exact) mass is 319 g/mol. The molecule has 4 rings (SSSR count). The molecular formula is C23H29N. The third kappa shape index (κ3) is 3.02. The van der Waals surface area contributed by atoms with Crippen molar-refractivity contribution in [2.45, 2.75) is 50.4 Å². The quantitative estimate of drug-likeness (QED) is 0.750. The van der Waals surface area contributed by atoms with Crippen LogP contribution in [-0.4, -0.2) is 24.5 Å². The van der Waals surface area contributed by atoms with Gasteiger partial charge in [-0.2, -0.15) is 0 Å². The molecule has 126 valence electrons. The molecule has 0 saturated carbocycles. The van der Waals surface area contributed by atoms with Crippen LogP contribution in [0.3, 0.4) is 0 Å². The van der Waals surface area contributed by atoms with Crippen LogP contribution in [0.2, 0.25) is 0 Å². The fourth-order valence-corrected chi connectivity index (χ4v) is 4.91. The zero-order valence-corrected chi connectivity index (χ0v) is 14.7. The highest BCUT2D eigenvalue weighted by Gasteiger charge is 2.37. The molecule has 0 bridgehead atoms. The number of rotatable bonds is 4. The molecule has 1 aliphatic heterocycles. The summed E-state index contributed by atoms with van der Waals surface area (Å²) >= 11 is 0. The van der Waals surface area contributed by atoms with Gasteiger partial charge in [-0.3, -0.25) is 0 Å². The predicted octanol–water partition coefficient (Wildman–Crippen LogP) is 5.19. The van der Waals surface area contributed by atoms with Crippen molar-refractivity contribution in [1.82, 2.24) is 4.90 Å². The molecule has 1 heteroatoms. The molecule has 2 aromatic rings. The van der Waals surface area contributed by atoms with Crippen molar-refractivity contribution in [3.05, 3.63) is 71.3 Å². The minimum Gasteiger partial charge on any atom is -0.303 e. The maximum atomic E-state index is 2.70. The van der Waals surface area contributed by atoms with Crippen LogP contribution in [0.5, 0.6) is 0 Å². The zero-order valence-electron chi connectivity index (χ0n) is 14.7. The van der Waals surface area contributed by atoms with E-state index in [0.717, 1.165) is 0 Å². The smallest absolute Gasteiger partial charge is 0.0217 e. The highest BCUT2D eigenvalue weighted by atomic mass is 15.1. The van der Waals surface area contributed by atoms with E-state index in [-0.39, 0.29) is 5.41 Å². The molecule has 1 fully saturated rings. The minimum absolute atomic E-state index is 0.216. The van der Waals surface area contributed by atoms with Crippen LogP contribution >= 0.6 is 0 Å². The van der Waals surface area contributed by atoms with Crippen molar-refractivity contribution in [3.8, 4) is 0 Å². The van der Waals surface area contributed by atoms with Crippen molar-refractivity contribution in [1.29, 1.82) is 0 Å². The normalized spacial score (nSPS) is 24.5. The van der Waals surface area contributed by atoms with Gasteiger partial charge >= 0.3 is 0 Å². The molecule has 1 heterocycles. The number of fused-ring (bicyclic) bond motifs is 1. The van der Waals surface area contributed by atoms with E-state index in [2.05, 4.69) is 59.5 Å². The lowest BCUT2D eigenvalue weighted by atomic mass is 9.64. The van der Waals surface area contributed by atoms with Crippen LogP contribution in [-0.2, 0) is 11.8 Å². The Labute approximate surface area is 146 Å². The lowest BCUT2D eigenvalue weighted by Crippen LogP contribution is -2.38. The second kappa shape index (κ2) is 7.11. The standard InChI is InChI=1S/C23H29N/c1-3-12-21(13-4-1)23(16-19-24-17-7-2-8-18-24)15-9-11-20-10-5-6-14-22(20)23/h1,3-6,10,12-14H,2,7-9,11,15-19H2. The maximum absolute atomic E-state index is 2.70. The van der Waals surface area contributed by atoms with Gasteiger partial charge in [-0.15, -0.1) is 0 Å². The van der Waals surface area contributed by atoms with Crippen LogP contribution in [0.15, 0.2) is 54.6 Å². The van der Waals surface area contributed by atoms with Crippen LogP contribution in [0.1, 0.15) is 55.2 Å². The van der Waals surface area contributed by atoms with Gasteiger partial charge in [-0.1, -0.05) is 61.0 Å². The lowest BCUT2D eigenvalue weighted by molar-refractivity contribution is 0.206. The van der Waals surface area contributed by atoms with Gasteiger partial charge < -0.3 is 4.90 Å². The number of hydrogen-bond donors (Lipinski definition) is 0. The number of nitrogens with zero attached hydrogens (tertiary/aromatic N) is 1. The van der Waals surface area contributed by atoms with E-state index < -0.39 is 0 Å². The summed E-state index contributed by atoms with van der Waals surface area (Å²) in [6.07, 6.45) is 9.29. The van der Waals surface area contributed by atoms with Crippen molar-refractivity contribution in [3.63, 3.8) is 0 Å². The minimum atomic E-state index is 0.216. The Bertz CT molecular complexity index is 657. The first-order valence-electron chi connectivity index (χ1n) is 9.75. The third-order valence-corrected chi connectivity index (χ3v) is 6.21. The summed E-state index contributed by atoms with van der Waals surface area (Å²) < 4.78 is 0. The molecule has 2 aromatic carbocycles. The molecule has 0 amide bonds. The molecule has 1 nitrogen and oxygen atoms in total. The highest BCUT2D eigenvalue weighted by molar-refractivity contribution is 5.45. The Morgan fingerprint density at radius 3 is 2.38 bits per heavy atom. The molecule has 1 unspecified atom stereocenters. The third-order valence-electron chi connectivity index (χ3n) is 6.21. The fraction of sp³-hybridized carbons (Fsp3) is 0.478. The number of benzene rings is 2. The summed E-state index contributed by atoms with van der Waals surface area (Å²) in [4.78, 5) is 2.70.